The van der Waals surface area contributed by atoms with Crippen LogP contribution in [0.15, 0.2) is 15.7 Å². The van der Waals surface area contributed by atoms with Crippen LogP contribution >= 0.6 is 11.8 Å². The Morgan fingerprint density at radius 3 is 2.89 bits per heavy atom. The van der Waals surface area contributed by atoms with Gasteiger partial charge < -0.3 is 14.2 Å². The number of aromatic nitrogens is 4. The van der Waals surface area contributed by atoms with Crippen molar-refractivity contribution in [2.75, 3.05) is 5.75 Å². The molecule has 0 radical (unpaired) electrons. The van der Waals surface area contributed by atoms with Gasteiger partial charge in [-0.15, -0.1) is 10.2 Å². The van der Waals surface area contributed by atoms with E-state index in [0.29, 0.717) is 29.0 Å². The SMILES string of the molecule is CCn1c(SCC(=O)O)nnc1-c1cc(C)on1. The summed E-state index contributed by atoms with van der Waals surface area (Å²) in [4.78, 5) is 10.5. The summed E-state index contributed by atoms with van der Waals surface area (Å²) in [5, 5.41) is 21.1. The van der Waals surface area contributed by atoms with Crippen LogP contribution in [-0.2, 0) is 11.3 Å². The minimum atomic E-state index is -0.885. The molecule has 0 fully saturated rings. The lowest BCUT2D eigenvalue weighted by molar-refractivity contribution is -0.133. The second-order valence-corrected chi connectivity index (χ2v) is 4.50. The van der Waals surface area contributed by atoms with Crippen LogP contribution in [0.3, 0.4) is 0 Å². The molecule has 0 spiro atoms. The molecule has 0 aliphatic carbocycles. The summed E-state index contributed by atoms with van der Waals surface area (Å²) in [7, 11) is 0. The van der Waals surface area contributed by atoms with E-state index in [1.54, 1.807) is 13.0 Å². The fraction of sp³-hybridized carbons (Fsp3) is 0.400. The van der Waals surface area contributed by atoms with Gasteiger partial charge >= 0.3 is 5.97 Å². The topological polar surface area (TPSA) is 94.0 Å². The molecule has 1 N–H and O–H groups in total. The third-order valence-electron chi connectivity index (χ3n) is 2.21. The number of carboxylic acid groups (broad SMARTS) is 1. The molecule has 0 atom stereocenters. The van der Waals surface area contributed by atoms with Crippen molar-refractivity contribution in [1.82, 2.24) is 19.9 Å². The summed E-state index contributed by atoms with van der Waals surface area (Å²) in [5.41, 5.74) is 0.601. The smallest absolute Gasteiger partial charge is 0.313 e. The third-order valence-corrected chi connectivity index (χ3v) is 3.17. The molecule has 0 saturated heterocycles. The van der Waals surface area contributed by atoms with Crippen LogP contribution in [0.4, 0.5) is 0 Å². The zero-order valence-corrected chi connectivity index (χ0v) is 10.8. The predicted octanol–water partition coefficient (Wildman–Crippen LogP) is 1.44. The van der Waals surface area contributed by atoms with Gasteiger partial charge in [0.15, 0.2) is 16.7 Å². The van der Waals surface area contributed by atoms with Crippen LogP contribution in [0.25, 0.3) is 11.5 Å². The van der Waals surface area contributed by atoms with Gasteiger partial charge in [0.1, 0.15) is 5.76 Å². The predicted molar refractivity (Wildman–Crippen MR) is 64.3 cm³/mol. The number of aryl methyl sites for hydroxylation is 1. The first kappa shape index (κ1) is 12.6. The molecule has 96 valence electrons. The molecule has 0 bridgehead atoms. The Kier molecular flexibility index (Phi) is 3.66. The Labute approximate surface area is 107 Å². The van der Waals surface area contributed by atoms with Crippen LogP contribution < -0.4 is 0 Å². The zero-order valence-electron chi connectivity index (χ0n) is 9.95. The lowest BCUT2D eigenvalue weighted by Crippen LogP contribution is -2.03. The van der Waals surface area contributed by atoms with E-state index < -0.39 is 5.97 Å². The second-order valence-electron chi connectivity index (χ2n) is 3.56. The molecular formula is C10H12N4O3S. The monoisotopic (exact) mass is 268 g/mol. The van der Waals surface area contributed by atoms with Crippen LogP contribution in [0.5, 0.6) is 0 Å². The molecule has 0 unspecified atom stereocenters. The van der Waals surface area contributed by atoms with Gasteiger partial charge in [0.25, 0.3) is 0 Å². The number of thioether (sulfide) groups is 1. The van der Waals surface area contributed by atoms with Gasteiger partial charge in [-0.1, -0.05) is 16.9 Å². The Balaban J connectivity index is 2.29. The zero-order chi connectivity index (χ0) is 13.1. The quantitative estimate of drug-likeness (QED) is 0.820. The number of hydrogen-bond acceptors (Lipinski definition) is 6. The van der Waals surface area contributed by atoms with Gasteiger partial charge in [0, 0.05) is 12.6 Å². The number of hydrogen-bond donors (Lipinski definition) is 1. The molecule has 0 aliphatic heterocycles. The molecule has 2 aromatic rings. The van der Waals surface area contributed by atoms with Crippen LogP contribution in [-0.4, -0.2) is 36.7 Å². The fourth-order valence-electron chi connectivity index (χ4n) is 1.47. The Morgan fingerprint density at radius 2 is 2.33 bits per heavy atom. The summed E-state index contributed by atoms with van der Waals surface area (Å²) in [5.74, 6) is 0.345. The molecule has 8 heteroatoms. The number of carbonyl (C=O) groups is 1. The van der Waals surface area contributed by atoms with Crippen molar-refractivity contribution >= 4 is 17.7 Å². The van der Waals surface area contributed by atoms with E-state index in [1.165, 1.54) is 0 Å². The molecule has 2 heterocycles. The van der Waals surface area contributed by atoms with Crippen LogP contribution in [0.2, 0.25) is 0 Å². The van der Waals surface area contributed by atoms with Gasteiger partial charge in [0.05, 0.1) is 5.75 Å². The summed E-state index contributed by atoms with van der Waals surface area (Å²) in [6.45, 7) is 4.37. The van der Waals surface area contributed by atoms with E-state index >= 15 is 0 Å². The average Bonchev–Trinajstić information content (AvgIpc) is 2.91. The first-order valence-corrected chi connectivity index (χ1v) is 6.32. The number of aliphatic carboxylic acids is 1. The van der Waals surface area contributed by atoms with E-state index in [1.807, 2.05) is 11.5 Å². The van der Waals surface area contributed by atoms with Crippen molar-refractivity contribution in [2.45, 2.75) is 25.5 Å². The van der Waals surface area contributed by atoms with E-state index in [4.69, 9.17) is 9.63 Å². The fourth-order valence-corrected chi connectivity index (χ4v) is 2.19. The molecule has 0 amide bonds. The number of rotatable bonds is 5. The molecule has 0 aliphatic rings. The minimum absolute atomic E-state index is 0.0457. The highest BCUT2D eigenvalue weighted by atomic mass is 32.2. The summed E-state index contributed by atoms with van der Waals surface area (Å²) >= 11 is 1.13. The van der Waals surface area contributed by atoms with Gasteiger partial charge in [-0.25, -0.2) is 0 Å². The minimum Gasteiger partial charge on any atom is -0.481 e. The van der Waals surface area contributed by atoms with Crippen molar-refractivity contribution in [3.8, 4) is 11.5 Å². The van der Waals surface area contributed by atoms with Crippen molar-refractivity contribution in [1.29, 1.82) is 0 Å². The van der Waals surface area contributed by atoms with E-state index in [2.05, 4.69) is 15.4 Å². The van der Waals surface area contributed by atoms with Gasteiger partial charge in [0.2, 0.25) is 0 Å². The Morgan fingerprint density at radius 1 is 1.56 bits per heavy atom. The van der Waals surface area contributed by atoms with Crippen molar-refractivity contribution < 1.29 is 14.4 Å². The first-order valence-electron chi connectivity index (χ1n) is 5.33. The molecule has 18 heavy (non-hydrogen) atoms. The average molecular weight is 268 g/mol. The van der Waals surface area contributed by atoms with Crippen molar-refractivity contribution in [3.05, 3.63) is 11.8 Å². The normalized spacial score (nSPS) is 10.8. The maximum atomic E-state index is 10.5. The summed E-state index contributed by atoms with van der Waals surface area (Å²) in [6.07, 6.45) is 0. The molecule has 7 nitrogen and oxygen atoms in total. The van der Waals surface area contributed by atoms with Crippen LogP contribution in [0, 0.1) is 6.92 Å². The summed E-state index contributed by atoms with van der Waals surface area (Å²) in [6, 6.07) is 1.77. The highest BCUT2D eigenvalue weighted by Crippen LogP contribution is 2.23. The van der Waals surface area contributed by atoms with Crippen molar-refractivity contribution in [2.24, 2.45) is 0 Å². The van der Waals surface area contributed by atoms with Gasteiger partial charge in [-0.05, 0) is 13.8 Å². The van der Waals surface area contributed by atoms with Crippen LogP contribution in [0.1, 0.15) is 12.7 Å². The van der Waals surface area contributed by atoms with E-state index in [-0.39, 0.29) is 5.75 Å². The second kappa shape index (κ2) is 5.21. The number of carboxylic acids is 1. The highest BCUT2D eigenvalue weighted by molar-refractivity contribution is 7.99. The largest absolute Gasteiger partial charge is 0.481 e. The highest BCUT2D eigenvalue weighted by Gasteiger charge is 2.16. The molecule has 0 saturated carbocycles. The van der Waals surface area contributed by atoms with E-state index in [0.717, 1.165) is 11.8 Å². The van der Waals surface area contributed by atoms with Crippen molar-refractivity contribution in [3.63, 3.8) is 0 Å². The first-order chi connectivity index (χ1) is 8.61. The lowest BCUT2D eigenvalue weighted by Gasteiger charge is -2.03. The molecular weight excluding hydrogens is 256 g/mol. The third kappa shape index (κ3) is 2.53. The maximum Gasteiger partial charge on any atom is 0.313 e. The van der Waals surface area contributed by atoms with Gasteiger partial charge in [-0.2, -0.15) is 0 Å². The number of nitrogens with zero attached hydrogens (tertiary/aromatic N) is 4. The maximum absolute atomic E-state index is 10.5. The standard InChI is InChI=1S/C10H12N4O3S/c1-3-14-9(7-4-6(2)17-13-7)11-12-10(14)18-5-8(15)16/h4H,3,5H2,1-2H3,(H,15,16). The molecule has 2 rings (SSSR count). The Bertz CT molecular complexity index is 563. The molecule has 2 aromatic heterocycles. The van der Waals surface area contributed by atoms with E-state index in [9.17, 15) is 4.79 Å². The Hall–Kier alpha value is -1.83. The van der Waals surface area contributed by atoms with Gasteiger partial charge in [-0.3, -0.25) is 4.79 Å². The lowest BCUT2D eigenvalue weighted by atomic mass is 10.3. The summed E-state index contributed by atoms with van der Waals surface area (Å²) < 4.78 is 6.80. The molecule has 0 aromatic carbocycles.